The zero-order valence-corrected chi connectivity index (χ0v) is 20.6. The molecule has 4 aliphatic carbocycles. The van der Waals surface area contributed by atoms with Crippen molar-refractivity contribution in [2.75, 3.05) is 26.2 Å². The first-order chi connectivity index (χ1) is 15.4. The number of hydrogen-bond acceptors (Lipinski definition) is 4. The lowest BCUT2D eigenvalue weighted by Gasteiger charge is -2.61. The molecule has 2 heterocycles. The van der Waals surface area contributed by atoms with Crippen molar-refractivity contribution < 1.29 is 4.79 Å². The van der Waals surface area contributed by atoms with E-state index in [2.05, 4.69) is 52.6 Å². The Morgan fingerprint density at radius 2 is 1.75 bits per heavy atom. The molecule has 0 spiro atoms. The largest absolute Gasteiger partial charge is 0.340 e. The standard InChI is InChI=1S/C24H29BrClN5O/c25-22-27-16-31(28-22)24-12-18-9-19(13-24)11-23(10-18,15-24)21(32)30-7-5-29(6-8-30)14-17-1-3-20(26)4-2-17/h1-4,16,18-19H,5-15H2. The topological polar surface area (TPSA) is 54.3 Å². The molecule has 1 aromatic carbocycles. The number of benzene rings is 1. The zero-order chi connectivity index (χ0) is 21.9. The number of carbonyl (C=O) groups is 1. The summed E-state index contributed by atoms with van der Waals surface area (Å²) >= 11 is 9.44. The minimum atomic E-state index is -0.207. The first kappa shape index (κ1) is 21.1. The number of nitrogens with zero attached hydrogens (tertiary/aromatic N) is 5. The molecule has 6 nitrogen and oxygen atoms in total. The van der Waals surface area contributed by atoms with E-state index in [1.807, 2.05) is 18.5 Å². The summed E-state index contributed by atoms with van der Waals surface area (Å²) in [6.45, 7) is 4.42. The molecule has 32 heavy (non-hydrogen) atoms. The van der Waals surface area contributed by atoms with Crippen molar-refractivity contribution in [2.24, 2.45) is 17.3 Å². The number of carbonyl (C=O) groups excluding carboxylic acids is 1. The third-order valence-electron chi connectivity index (χ3n) is 8.41. The third kappa shape index (κ3) is 3.61. The molecular formula is C24H29BrClN5O. The van der Waals surface area contributed by atoms with Gasteiger partial charge in [-0.3, -0.25) is 9.69 Å². The quantitative estimate of drug-likeness (QED) is 0.604. The van der Waals surface area contributed by atoms with E-state index in [4.69, 9.17) is 11.6 Å². The molecule has 1 saturated heterocycles. The summed E-state index contributed by atoms with van der Waals surface area (Å²) in [6.07, 6.45) is 8.47. The fraction of sp³-hybridized carbons (Fsp3) is 0.625. The lowest BCUT2D eigenvalue weighted by molar-refractivity contribution is -0.168. The highest BCUT2D eigenvalue weighted by atomic mass is 79.9. The predicted molar refractivity (Wildman–Crippen MR) is 126 cm³/mol. The Kier molecular flexibility index (Phi) is 5.15. The van der Waals surface area contributed by atoms with Gasteiger partial charge in [0.05, 0.1) is 11.0 Å². The van der Waals surface area contributed by atoms with Crippen LogP contribution in [0.4, 0.5) is 0 Å². The maximum absolute atomic E-state index is 14.0. The smallest absolute Gasteiger partial charge is 0.228 e. The average molecular weight is 519 g/mol. The Hall–Kier alpha value is -1.44. The fourth-order valence-corrected chi connectivity index (χ4v) is 7.88. The van der Waals surface area contributed by atoms with Crippen LogP contribution in [-0.4, -0.2) is 56.7 Å². The van der Waals surface area contributed by atoms with Crippen LogP contribution in [0.2, 0.25) is 5.02 Å². The Bertz CT molecular complexity index is 1000. The highest BCUT2D eigenvalue weighted by molar-refractivity contribution is 9.10. The molecule has 2 unspecified atom stereocenters. The van der Waals surface area contributed by atoms with Crippen molar-refractivity contribution in [1.29, 1.82) is 0 Å². The van der Waals surface area contributed by atoms with Gasteiger partial charge in [0, 0.05) is 37.7 Å². The molecule has 1 amide bonds. The Morgan fingerprint density at radius 3 is 2.38 bits per heavy atom. The van der Waals surface area contributed by atoms with Crippen LogP contribution in [0.25, 0.3) is 0 Å². The van der Waals surface area contributed by atoms with E-state index in [-0.39, 0.29) is 11.0 Å². The molecule has 7 rings (SSSR count). The van der Waals surface area contributed by atoms with Gasteiger partial charge < -0.3 is 4.90 Å². The third-order valence-corrected chi connectivity index (χ3v) is 9.03. The van der Waals surface area contributed by atoms with E-state index in [0.29, 0.717) is 22.5 Å². The molecule has 1 aromatic heterocycles. The Morgan fingerprint density at radius 1 is 1.06 bits per heavy atom. The molecule has 2 atom stereocenters. The monoisotopic (exact) mass is 517 g/mol. The number of piperazine rings is 1. The first-order valence-electron chi connectivity index (χ1n) is 11.8. The maximum atomic E-state index is 14.0. The van der Waals surface area contributed by atoms with Gasteiger partial charge >= 0.3 is 0 Å². The van der Waals surface area contributed by atoms with Crippen molar-refractivity contribution in [1.82, 2.24) is 24.6 Å². The molecule has 170 valence electrons. The molecule has 0 N–H and O–H groups in total. The van der Waals surface area contributed by atoms with Crippen LogP contribution >= 0.6 is 27.5 Å². The van der Waals surface area contributed by atoms with Crippen LogP contribution in [-0.2, 0) is 16.9 Å². The van der Waals surface area contributed by atoms with E-state index in [9.17, 15) is 4.79 Å². The maximum Gasteiger partial charge on any atom is 0.228 e. The zero-order valence-electron chi connectivity index (χ0n) is 18.2. The number of hydrogen-bond donors (Lipinski definition) is 0. The van der Waals surface area contributed by atoms with Gasteiger partial charge in [-0.2, -0.15) is 0 Å². The van der Waals surface area contributed by atoms with Crippen molar-refractivity contribution in [3.8, 4) is 0 Å². The number of aromatic nitrogens is 3. The lowest BCUT2D eigenvalue weighted by atomic mass is 9.46. The minimum absolute atomic E-state index is 0.0326. The Balaban J connectivity index is 1.16. The van der Waals surface area contributed by atoms with Crippen LogP contribution in [0.5, 0.6) is 0 Å². The van der Waals surface area contributed by atoms with Crippen LogP contribution in [0.15, 0.2) is 35.3 Å². The van der Waals surface area contributed by atoms with Crippen LogP contribution in [0.1, 0.15) is 44.1 Å². The van der Waals surface area contributed by atoms with E-state index >= 15 is 0 Å². The van der Waals surface area contributed by atoms with Gasteiger partial charge in [-0.15, -0.1) is 5.10 Å². The molecule has 4 bridgehead atoms. The van der Waals surface area contributed by atoms with Gasteiger partial charge in [-0.05, 0) is 84.0 Å². The van der Waals surface area contributed by atoms with Gasteiger partial charge in [-0.1, -0.05) is 23.7 Å². The number of amides is 1. The average Bonchev–Trinajstić information content (AvgIpc) is 3.22. The van der Waals surface area contributed by atoms with Gasteiger partial charge in [0.2, 0.25) is 10.6 Å². The second kappa shape index (κ2) is 7.81. The van der Waals surface area contributed by atoms with E-state index < -0.39 is 0 Å². The van der Waals surface area contributed by atoms with Crippen molar-refractivity contribution >= 4 is 33.4 Å². The van der Waals surface area contributed by atoms with E-state index in [1.165, 1.54) is 12.0 Å². The number of halogens is 2. The Labute approximate surface area is 202 Å². The summed E-state index contributed by atoms with van der Waals surface area (Å²) in [5, 5.41) is 5.42. The number of rotatable bonds is 4. The SMILES string of the molecule is O=C(N1CCN(Cc2ccc(Cl)cc2)CC1)C12CC3CC(C1)CC(n1cnc(Br)n1)(C3)C2. The molecule has 4 saturated carbocycles. The van der Waals surface area contributed by atoms with Gasteiger partial charge in [0.1, 0.15) is 6.33 Å². The highest BCUT2D eigenvalue weighted by Crippen LogP contribution is 2.64. The lowest BCUT2D eigenvalue weighted by Crippen LogP contribution is -2.62. The first-order valence-corrected chi connectivity index (χ1v) is 12.9. The molecule has 5 fully saturated rings. The van der Waals surface area contributed by atoms with Crippen LogP contribution in [0, 0.1) is 17.3 Å². The molecule has 0 radical (unpaired) electrons. The van der Waals surface area contributed by atoms with Crippen molar-refractivity contribution in [2.45, 2.75) is 50.6 Å². The summed E-state index contributed by atoms with van der Waals surface area (Å²) in [5.74, 6) is 1.67. The molecule has 5 aliphatic rings. The predicted octanol–water partition coefficient (Wildman–Crippen LogP) is 4.33. The fourth-order valence-electron chi connectivity index (χ4n) is 7.50. The van der Waals surface area contributed by atoms with E-state index in [0.717, 1.165) is 69.9 Å². The second-order valence-corrected chi connectivity index (χ2v) is 11.8. The summed E-state index contributed by atoms with van der Waals surface area (Å²) in [4.78, 5) is 22.9. The van der Waals surface area contributed by atoms with Crippen LogP contribution < -0.4 is 0 Å². The van der Waals surface area contributed by atoms with Gasteiger partial charge in [0.15, 0.2) is 0 Å². The minimum Gasteiger partial charge on any atom is -0.340 e. The molecule has 8 heteroatoms. The van der Waals surface area contributed by atoms with Crippen LogP contribution in [0.3, 0.4) is 0 Å². The molecular weight excluding hydrogens is 490 g/mol. The normalized spacial score (nSPS) is 34.2. The molecule has 1 aliphatic heterocycles. The summed E-state index contributed by atoms with van der Waals surface area (Å²) in [5.41, 5.74) is 1.03. The van der Waals surface area contributed by atoms with E-state index in [1.54, 1.807) is 0 Å². The molecule has 2 aromatic rings. The second-order valence-electron chi connectivity index (χ2n) is 10.6. The summed E-state index contributed by atoms with van der Waals surface area (Å²) in [6, 6.07) is 8.09. The summed E-state index contributed by atoms with van der Waals surface area (Å²) in [7, 11) is 0. The van der Waals surface area contributed by atoms with Gasteiger partial charge in [-0.25, -0.2) is 9.67 Å². The highest BCUT2D eigenvalue weighted by Gasteiger charge is 2.62. The van der Waals surface area contributed by atoms with Gasteiger partial charge in [0.25, 0.3) is 0 Å². The summed E-state index contributed by atoms with van der Waals surface area (Å²) < 4.78 is 2.73. The van der Waals surface area contributed by atoms with Crippen molar-refractivity contribution in [3.63, 3.8) is 0 Å². The van der Waals surface area contributed by atoms with Crippen molar-refractivity contribution in [3.05, 3.63) is 45.9 Å².